The highest BCUT2D eigenvalue weighted by atomic mass is 35.5. The smallest absolute Gasteiger partial charge is 0.308 e. The maximum atomic E-state index is 11.2. The van der Waals surface area contributed by atoms with E-state index in [4.69, 9.17) is 11.6 Å². The van der Waals surface area contributed by atoms with Crippen LogP contribution in [-0.2, 0) is 9.53 Å². The molecule has 0 radical (unpaired) electrons. The molecule has 0 bridgehead atoms. The van der Waals surface area contributed by atoms with Crippen molar-refractivity contribution < 1.29 is 19.7 Å². The molecule has 0 aliphatic rings. The van der Waals surface area contributed by atoms with Crippen molar-refractivity contribution in [2.24, 2.45) is 0 Å². The molecule has 0 aliphatic carbocycles. The normalized spacial score (nSPS) is 14.1. The summed E-state index contributed by atoms with van der Waals surface area (Å²) in [5, 5.41) is 19.7. The summed E-state index contributed by atoms with van der Waals surface area (Å²) < 4.78 is 4.69. The number of aryl methyl sites for hydroxylation is 1. The molecule has 6 nitrogen and oxygen atoms in total. The van der Waals surface area contributed by atoms with Crippen LogP contribution in [0.5, 0.6) is 0 Å². The van der Waals surface area contributed by atoms with Gasteiger partial charge in [0.05, 0.1) is 19.1 Å². The van der Waals surface area contributed by atoms with Crippen molar-refractivity contribution in [3.63, 3.8) is 0 Å². The predicted octanol–water partition coefficient (Wildman–Crippen LogP) is 0.786. The first-order valence-electron chi connectivity index (χ1n) is 5.46. The Bertz CT molecular complexity index is 428. The Morgan fingerprint density at radius 2 is 2.22 bits per heavy atom. The quantitative estimate of drug-likeness (QED) is 0.609. The Hall–Kier alpha value is -1.24. The van der Waals surface area contributed by atoms with Gasteiger partial charge in [0.2, 0.25) is 5.28 Å². The van der Waals surface area contributed by atoms with Crippen LogP contribution >= 0.6 is 11.6 Å². The van der Waals surface area contributed by atoms with Crippen LogP contribution < -0.4 is 0 Å². The van der Waals surface area contributed by atoms with Gasteiger partial charge in [0, 0.05) is 17.5 Å². The summed E-state index contributed by atoms with van der Waals surface area (Å²) in [4.78, 5) is 18.8. The number of ether oxygens (including phenoxy) is 1. The van der Waals surface area contributed by atoms with Crippen LogP contribution in [-0.4, -0.2) is 38.9 Å². The van der Waals surface area contributed by atoms with Crippen molar-refractivity contribution in [3.05, 3.63) is 22.7 Å². The van der Waals surface area contributed by atoms with Crippen LogP contribution in [0.25, 0.3) is 0 Å². The summed E-state index contributed by atoms with van der Waals surface area (Å²) in [5.74, 6) is -0.573. The van der Waals surface area contributed by atoms with Crippen LogP contribution in [0.3, 0.4) is 0 Å². The van der Waals surface area contributed by atoms with E-state index in [0.717, 1.165) is 0 Å². The number of nitrogens with zero attached hydrogens (tertiary/aromatic N) is 2. The van der Waals surface area contributed by atoms with Crippen molar-refractivity contribution >= 4 is 17.6 Å². The van der Waals surface area contributed by atoms with Crippen LogP contribution in [0.2, 0.25) is 5.28 Å². The van der Waals surface area contributed by atoms with Crippen molar-refractivity contribution in [1.29, 1.82) is 0 Å². The zero-order chi connectivity index (χ0) is 13.7. The molecule has 0 aliphatic heterocycles. The van der Waals surface area contributed by atoms with E-state index in [0.29, 0.717) is 11.3 Å². The minimum absolute atomic E-state index is 0.0586. The van der Waals surface area contributed by atoms with E-state index in [9.17, 15) is 15.0 Å². The Morgan fingerprint density at radius 1 is 1.56 bits per heavy atom. The summed E-state index contributed by atoms with van der Waals surface area (Å²) >= 11 is 5.59. The SMILES string of the molecule is CCOC(=O)CC(O)C(O)c1cnc(Cl)nc1C. The number of halogens is 1. The van der Waals surface area contributed by atoms with Gasteiger partial charge < -0.3 is 14.9 Å². The van der Waals surface area contributed by atoms with Gasteiger partial charge in [-0.15, -0.1) is 0 Å². The Balaban J connectivity index is 2.73. The predicted molar refractivity (Wildman–Crippen MR) is 64.0 cm³/mol. The molecule has 2 unspecified atom stereocenters. The fourth-order valence-electron chi connectivity index (χ4n) is 1.45. The molecule has 7 heteroatoms. The topological polar surface area (TPSA) is 92.5 Å². The highest BCUT2D eigenvalue weighted by Crippen LogP contribution is 2.21. The molecule has 0 fully saturated rings. The van der Waals surface area contributed by atoms with Gasteiger partial charge in [-0.2, -0.15) is 0 Å². The maximum absolute atomic E-state index is 11.2. The third-order valence-corrected chi connectivity index (χ3v) is 2.53. The molecule has 0 amide bonds. The minimum atomic E-state index is -1.27. The van der Waals surface area contributed by atoms with Gasteiger partial charge in [0.25, 0.3) is 0 Å². The van der Waals surface area contributed by atoms with Gasteiger partial charge in [-0.1, -0.05) is 0 Å². The molecule has 0 saturated carbocycles. The lowest BCUT2D eigenvalue weighted by Gasteiger charge is -2.18. The largest absolute Gasteiger partial charge is 0.466 e. The van der Waals surface area contributed by atoms with E-state index in [2.05, 4.69) is 14.7 Å². The van der Waals surface area contributed by atoms with Gasteiger partial charge in [0.15, 0.2) is 0 Å². The molecule has 0 spiro atoms. The molecule has 0 saturated heterocycles. The molecule has 18 heavy (non-hydrogen) atoms. The van der Waals surface area contributed by atoms with Gasteiger partial charge in [-0.3, -0.25) is 4.79 Å². The number of carbonyl (C=O) groups excluding carboxylic acids is 1. The van der Waals surface area contributed by atoms with Gasteiger partial charge in [-0.05, 0) is 25.4 Å². The van der Waals surface area contributed by atoms with Crippen LogP contribution in [0.1, 0.15) is 30.7 Å². The average Bonchev–Trinajstić information content (AvgIpc) is 2.28. The van der Waals surface area contributed by atoms with Gasteiger partial charge in [-0.25, -0.2) is 9.97 Å². The number of aliphatic hydroxyl groups excluding tert-OH is 2. The zero-order valence-electron chi connectivity index (χ0n) is 10.1. The highest BCUT2D eigenvalue weighted by Gasteiger charge is 2.24. The third kappa shape index (κ3) is 3.90. The van der Waals surface area contributed by atoms with Crippen molar-refractivity contribution in [3.8, 4) is 0 Å². The van der Waals surface area contributed by atoms with Crippen LogP contribution in [0.4, 0.5) is 0 Å². The third-order valence-electron chi connectivity index (χ3n) is 2.35. The standard InChI is InChI=1S/C11H15ClN2O4/c1-3-18-9(16)4-8(15)10(17)7-5-13-11(12)14-6(7)2/h5,8,10,15,17H,3-4H2,1-2H3. The molecule has 0 aromatic carbocycles. The fraction of sp³-hybridized carbons (Fsp3) is 0.545. The number of aliphatic hydroxyl groups is 2. The molecule has 1 aromatic heterocycles. The highest BCUT2D eigenvalue weighted by molar-refractivity contribution is 6.28. The Kier molecular flexibility index (Phi) is 5.46. The van der Waals surface area contributed by atoms with Gasteiger partial charge in [0.1, 0.15) is 6.10 Å². The number of hydrogen-bond donors (Lipinski definition) is 2. The minimum Gasteiger partial charge on any atom is -0.466 e. The summed E-state index contributed by atoms with van der Waals surface area (Å²) in [6, 6.07) is 0. The monoisotopic (exact) mass is 274 g/mol. The lowest BCUT2D eigenvalue weighted by Crippen LogP contribution is -2.24. The molecular weight excluding hydrogens is 260 g/mol. The average molecular weight is 275 g/mol. The van der Waals surface area contributed by atoms with Crippen molar-refractivity contribution in [2.45, 2.75) is 32.5 Å². The lowest BCUT2D eigenvalue weighted by atomic mass is 10.0. The number of aromatic nitrogens is 2. The summed E-state index contributed by atoms with van der Waals surface area (Å²) in [5.41, 5.74) is 0.779. The fourth-order valence-corrected chi connectivity index (χ4v) is 1.62. The molecule has 1 rings (SSSR count). The second-order valence-electron chi connectivity index (χ2n) is 3.70. The van der Waals surface area contributed by atoms with Gasteiger partial charge >= 0.3 is 5.97 Å². The first kappa shape index (κ1) is 14.8. The second-order valence-corrected chi connectivity index (χ2v) is 4.04. The van der Waals surface area contributed by atoms with E-state index in [1.54, 1.807) is 13.8 Å². The zero-order valence-corrected chi connectivity index (χ0v) is 10.9. The number of carbonyl (C=O) groups is 1. The number of rotatable bonds is 5. The van der Waals surface area contributed by atoms with E-state index in [-0.39, 0.29) is 18.3 Å². The van der Waals surface area contributed by atoms with Crippen molar-refractivity contribution in [2.75, 3.05) is 6.61 Å². The number of esters is 1. The number of hydrogen-bond acceptors (Lipinski definition) is 6. The molecular formula is C11H15ClN2O4. The molecule has 1 heterocycles. The molecule has 2 N–H and O–H groups in total. The van der Waals surface area contributed by atoms with Crippen molar-refractivity contribution in [1.82, 2.24) is 9.97 Å². The van der Waals surface area contributed by atoms with E-state index >= 15 is 0 Å². The first-order chi connectivity index (χ1) is 8.45. The second kappa shape index (κ2) is 6.63. The summed E-state index contributed by atoms with van der Waals surface area (Å²) in [7, 11) is 0. The Labute approximate surface area is 110 Å². The maximum Gasteiger partial charge on any atom is 0.308 e. The van der Waals surface area contributed by atoms with Crippen LogP contribution in [0.15, 0.2) is 6.20 Å². The molecule has 1 aromatic rings. The summed E-state index contributed by atoms with van der Waals surface area (Å²) in [6.07, 6.45) is -1.50. The summed E-state index contributed by atoms with van der Waals surface area (Å²) in [6.45, 7) is 3.52. The van der Waals surface area contributed by atoms with E-state index in [1.165, 1.54) is 6.20 Å². The molecule has 100 valence electrons. The van der Waals surface area contributed by atoms with E-state index in [1.807, 2.05) is 0 Å². The van der Waals surface area contributed by atoms with E-state index < -0.39 is 18.2 Å². The molecule has 2 atom stereocenters. The lowest BCUT2D eigenvalue weighted by molar-refractivity contribution is -0.147. The van der Waals surface area contributed by atoms with Crippen LogP contribution in [0, 0.1) is 6.92 Å². The Morgan fingerprint density at radius 3 is 2.78 bits per heavy atom. The first-order valence-corrected chi connectivity index (χ1v) is 5.84.